The predicted octanol–water partition coefficient (Wildman–Crippen LogP) is 4.78. The van der Waals surface area contributed by atoms with Crippen LogP contribution < -0.4 is 5.32 Å². The number of pyridine rings is 1. The molecule has 1 aliphatic carbocycles. The molecule has 1 aromatic carbocycles. The van der Waals surface area contributed by atoms with Gasteiger partial charge >= 0.3 is 0 Å². The van der Waals surface area contributed by atoms with Gasteiger partial charge < -0.3 is 5.32 Å². The van der Waals surface area contributed by atoms with E-state index in [1.165, 1.54) is 43.1 Å². The van der Waals surface area contributed by atoms with Gasteiger partial charge in [-0.1, -0.05) is 43.2 Å². The second-order valence-electron chi connectivity index (χ2n) is 5.79. The Morgan fingerprint density at radius 3 is 2.95 bits per heavy atom. The average Bonchev–Trinajstić information content (AvgIpc) is 2.81. The van der Waals surface area contributed by atoms with Crippen LogP contribution in [0, 0.1) is 0 Å². The minimum absolute atomic E-state index is 0.334. The molecule has 2 nitrogen and oxygen atoms in total. The van der Waals surface area contributed by atoms with Crippen LogP contribution in [0.4, 0.5) is 0 Å². The molecule has 0 radical (unpaired) electrons. The summed E-state index contributed by atoms with van der Waals surface area (Å²) in [5, 5.41) is 4.97. The lowest BCUT2D eigenvalue weighted by molar-refractivity contribution is 0.592. The molecule has 0 saturated carbocycles. The molecule has 1 heterocycles. The van der Waals surface area contributed by atoms with Gasteiger partial charge in [-0.05, 0) is 49.9 Å². The van der Waals surface area contributed by atoms with Gasteiger partial charge in [0.05, 0.1) is 11.6 Å². The lowest BCUT2D eigenvalue weighted by Gasteiger charge is -2.23. The fraction of sp³-hybridized carbons (Fsp3) is 0.421. The first kappa shape index (κ1) is 14.3. The molecule has 110 valence electrons. The molecule has 0 amide bonds. The quantitative estimate of drug-likeness (QED) is 0.816. The van der Waals surface area contributed by atoms with Gasteiger partial charge in [0.25, 0.3) is 0 Å². The van der Waals surface area contributed by atoms with Crippen molar-refractivity contribution in [1.82, 2.24) is 10.3 Å². The van der Waals surface area contributed by atoms with Crippen LogP contribution in [0.15, 0.2) is 48.2 Å². The fourth-order valence-electron chi connectivity index (χ4n) is 3.32. The van der Waals surface area contributed by atoms with Gasteiger partial charge in [0.15, 0.2) is 0 Å². The number of rotatable bonds is 4. The summed E-state index contributed by atoms with van der Waals surface area (Å²) in [6, 6.07) is 11.0. The Hall–Kier alpha value is -1.67. The maximum atomic E-state index is 4.50. The highest BCUT2D eigenvalue weighted by Crippen LogP contribution is 2.32. The topological polar surface area (TPSA) is 24.9 Å². The van der Waals surface area contributed by atoms with E-state index < -0.39 is 0 Å². The Kier molecular flexibility index (Phi) is 4.66. The molecule has 1 unspecified atom stereocenters. The Labute approximate surface area is 127 Å². The average molecular weight is 280 g/mol. The van der Waals surface area contributed by atoms with Crippen molar-refractivity contribution in [2.75, 3.05) is 6.54 Å². The van der Waals surface area contributed by atoms with Crippen molar-refractivity contribution in [3.8, 4) is 0 Å². The van der Waals surface area contributed by atoms with Crippen molar-refractivity contribution in [3.05, 3.63) is 53.7 Å². The Morgan fingerprint density at radius 1 is 1.14 bits per heavy atom. The molecule has 2 heteroatoms. The van der Waals surface area contributed by atoms with E-state index in [1.807, 2.05) is 6.20 Å². The number of hydrogen-bond donors (Lipinski definition) is 1. The molecule has 1 atom stereocenters. The lowest BCUT2D eigenvalue weighted by atomic mass is 9.93. The summed E-state index contributed by atoms with van der Waals surface area (Å²) in [5.41, 5.74) is 4.02. The molecular weight excluding hydrogens is 256 g/mol. The first-order valence-electron chi connectivity index (χ1n) is 8.16. The zero-order chi connectivity index (χ0) is 14.5. The molecular formula is C19H24N2. The highest BCUT2D eigenvalue weighted by molar-refractivity contribution is 5.82. The van der Waals surface area contributed by atoms with Gasteiger partial charge in [0, 0.05) is 11.6 Å². The molecule has 0 bridgehead atoms. The van der Waals surface area contributed by atoms with Crippen LogP contribution in [-0.4, -0.2) is 11.5 Å². The molecule has 0 fully saturated rings. The lowest BCUT2D eigenvalue weighted by Crippen LogP contribution is -2.23. The fourth-order valence-corrected chi connectivity index (χ4v) is 3.32. The molecule has 0 aliphatic heterocycles. The number of hydrogen-bond acceptors (Lipinski definition) is 2. The second-order valence-corrected chi connectivity index (χ2v) is 5.79. The number of likely N-dealkylation sites (N-methyl/N-ethyl adjacent to an activating group) is 1. The molecule has 2 aromatic rings. The monoisotopic (exact) mass is 280 g/mol. The molecule has 1 aliphatic rings. The van der Waals surface area contributed by atoms with E-state index in [1.54, 1.807) is 5.57 Å². The number of aromatic nitrogens is 1. The smallest absolute Gasteiger partial charge is 0.0705 e. The number of nitrogens with one attached hydrogen (secondary N) is 1. The van der Waals surface area contributed by atoms with Crippen LogP contribution in [0.1, 0.15) is 50.6 Å². The van der Waals surface area contributed by atoms with Crippen LogP contribution in [0.3, 0.4) is 0 Å². The summed E-state index contributed by atoms with van der Waals surface area (Å²) in [7, 11) is 0. The maximum Gasteiger partial charge on any atom is 0.0705 e. The number of benzene rings is 1. The van der Waals surface area contributed by atoms with E-state index in [2.05, 4.69) is 53.6 Å². The maximum absolute atomic E-state index is 4.50. The number of nitrogens with zero attached hydrogens (tertiary/aromatic N) is 1. The third-order valence-corrected chi connectivity index (χ3v) is 4.35. The minimum Gasteiger partial charge on any atom is -0.307 e. The molecule has 3 rings (SSSR count). The van der Waals surface area contributed by atoms with Crippen LogP contribution >= 0.6 is 0 Å². The van der Waals surface area contributed by atoms with Crippen molar-refractivity contribution in [3.63, 3.8) is 0 Å². The predicted molar refractivity (Wildman–Crippen MR) is 89.3 cm³/mol. The SMILES string of the molecule is CCNC(C1=CCCCCC1)c1ccnc2ccccc12. The summed E-state index contributed by atoms with van der Waals surface area (Å²) in [5.74, 6) is 0. The zero-order valence-electron chi connectivity index (χ0n) is 12.8. The normalized spacial score (nSPS) is 17.3. The van der Waals surface area contributed by atoms with E-state index in [0.29, 0.717) is 6.04 Å². The van der Waals surface area contributed by atoms with Crippen LogP contribution in [0.25, 0.3) is 10.9 Å². The molecule has 1 aromatic heterocycles. The minimum atomic E-state index is 0.334. The number of fused-ring (bicyclic) bond motifs is 1. The number of para-hydroxylation sites is 1. The van der Waals surface area contributed by atoms with Crippen LogP contribution in [-0.2, 0) is 0 Å². The van der Waals surface area contributed by atoms with Crippen LogP contribution in [0.5, 0.6) is 0 Å². The largest absolute Gasteiger partial charge is 0.307 e. The molecule has 1 N–H and O–H groups in total. The van der Waals surface area contributed by atoms with Gasteiger partial charge in [-0.3, -0.25) is 4.98 Å². The van der Waals surface area contributed by atoms with Gasteiger partial charge in [-0.15, -0.1) is 0 Å². The summed E-state index contributed by atoms with van der Waals surface area (Å²) in [4.78, 5) is 4.50. The van der Waals surface area contributed by atoms with Crippen molar-refractivity contribution < 1.29 is 0 Å². The Bertz CT molecular complexity index is 625. The number of allylic oxidation sites excluding steroid dienone is 1. The van der Waals surface area contributed by atoms with Crippen molar-refractivity contribution >= 4 is 10.9 Å². The summed E-state index contributed by atoms with van der Waals surface area (Å²) >= 11 is 0. The standard InChI is InChI=1S/C19H24N2/c1-2-20-19(15-9-5-3-4-6-10-15)17-13-14-21-18-12-8-7-11-16(17)18/h7-9,11-14,19-20H,2-6,10H2,1H3. The van der Waals surface area contributed by atoms with E-state index in [9.17, 15) is 0 Å². The van der Waals surface area contributed by atoms with E-state index >= 15 is 0 Å². The third-order valence-electron chi connectivity index (χ3n) is 4.35. The van der Waals surface area contributed by atoms with Gasteiger partial charge in [0.2, 0.25) is 0 Å². The highest BCUT2D eigenvalue weighted by atomic mass is 14.9. The van der Waals surface area contributed by atoms with Gasteiger partial charge in [0.1, 0.15) is 0 Å². The third kappa shape index (κ3) is 3.16. The second kappa shape index (κ2) is 6.86. The summed E-state index contributed by atoms with van der Waals surface area (Å²) in [6.07, 6.45) is 10.9. The Morgan fingerprint density at radius 2 is 2.05 bits per heavy atom. The summed E-state index contributed by atoms with van der Waals surface area (Å²) in [6.45, 7) is 3.17. The van der Waals surface area contributed by atoms with Crippen molar-refractivity contribution in [2.24, 2.45) is 0 Å². The first-order chi connectivity index (χ1) is 10.4. The van der Waals surface area contributed by atoms with E-state index in [4.69, 9.17) is 0 Å². The molecule has 0 spiro atoms. The molecule has 0 saturated heterocycles. The molecule has 21 heavy (non-hydrogen) atoms. The van der Waals surface area contributed by atoms with Crippen LogP contribution in [0.2, 0.25) is 0 Å². The van der Waals surface area contributed by atoms with E-state index in [-0.39, 0.29) is 0 Å². The first-order valence-corrected chi connectivity index (χ1v) is 8.16. The van der Waals surface area contributed by atoms with E-state index in [0.717, 1.165) is 12.1 Å². The summed E-state index contributed by atoms with van der Waals surface area (Å²) < 4.78 is 0. The highest BCUT2D eigenvalue weighted by Gasteiger charge is 2.18. The van der Waals surface area contributed by atoms with Crippen molar-refractivity contribution in [1.29, 1.82) is 0 Å². The van der Waals surface area contributed by atoms with Crippen molar-refractivity contribution in [2.45, 2.75) is 45.1 Å². The van der Waals surface area contributed by atoms with Gasteiger partial charge in [-0.25, -0.2) is 0 Å². The zero-order valence-corrected chi connectivity index (χ0v) is 12.8. The van der Waals surface area contributed by atoms with Gasteiger partial charge in [-0.2, -0.15) is 0 Å². The Balaban J connectivity index is 2.04.